The second-order valence-corrected chi connectivity index (χ2v) is 5.03. The number of hydrogen-bond donors (Lipinski definition) is 2. The van der Waals surface area contributed by atoms with Crippen molar-refractivity contribution in [1.29, 1.82) is 0 Å². The minimum absolute atomic E-state index is 0.156. The zero-order valence-corrected chi connectivity index (χ0v) is 11.1. The first-order chi connectivity index (χ1) is 8.81. The van der Waals surface area contributed by atoms with Gasteiger partial charge in [-0.05, 0) is 31.9 Å². The first-order valence-electron chi connectivity index (χ1n) is 6.43. The number of rotatable bonds is 7. The van der Waals surface area contributed by atoms with E-state index in [1.165, 1.54) is 0 Å². The molecule has 0 amide bonds. The van der Waals surface area contributed by atoms with Gasteiger partial charge in [0.1, 0.15) is 0 Å². The van der Waals surface area contributed by atoms with E-state index < -0.39 is 18.1 Å². The van der Waals surface area contributed by atoms with Gasteiger partial charge >= 0.3 is 6.18 Å². The minimum atomic E-state index is -4.05. The summed E-state index contributed by atoms with van der Waals surface area (Å²) in [5, 5.41) is 3.12. The number of unbranched alkanes of at least 4 members (excludes halogenated alkanes) is 1. The molecule has 0 aromatic heterocycles. The smallest absolute Gasteiger partial charge is 0.321 e. The van der Waals surface area contributed by atoms with Crippen LogP contribution < -0.4 is 11.1 Å². The SMILES string of the molecule is CC(N)(CNCCCCC(F)(F)F)c1ccccc1. The fraction of sp³-hybridized carbons (Fsp3) is 0.571. The quantitative estimate of drug-likeness (QED) is 0.749. The van der Waals surface area contributed by atoms with E-state index in [4.69, 9.17) is 5.73 Å². The monoisotopic (exact) mass is 274 g/mol. The van der Waals surface area contributed by atoms with E-state index in [0.29, 0.717) is 19.5 Å². The molecule has 1 atom stereocenters. The van der Waals surface area contributed by atoms with Crippen LogP contribution in [0.4, 0.5) is 13.2 Å². The number of hydrogen-bond acceptors (Lipinski definition) is 2. The Labute approximate surface area is 112 Å². The molecular weight excluding hydrogens is 253 g/mol. The van der Waals surface area contributed by atoms with Gasteiger partial charge in [0.05, 0.1) is 5.54 Å². The first kappa shape index (κ1) is 16.0. The molecule has 108 valence electrons. The van der Waals surface area contributed by atoms with Crippen LogP contribution >= 0.6 is 0 Å². The van der Waals surface area contributed by atoms with Crippen LogP contribution in [0.25, 0.3) is 0 Å². The first-order valence-corrected chi connectivity index (χ1v) is 6.43. The van der Waals surface area contributed by atoms with Crippen LogP contribution in [0, 0.1) is 0 Å². The lowest BCUT2D eigenvalue weighted by atomic mass is 9.93. The summed E-state index contributed by atoms with van der Waals surface area (Å²) in [5.41, 5.74) is 6.68. The summed E-state index contributed by atoms with van der Waals surface area (Å²) in [6, 6.07) is 9.66. The zero-order chi connectivity index (χ0) is 14.4. The topological polar surface area (TPSA) is 38.0 Å². The molecule has 3 N–H and O–H groups in total. The molecule has 5 heteroatoms. The molecule has 0 radical (unpaired) electrons. The van der Waals surface area contributed by atoms with E-state index >= 15 is 0 Å². The van der Waals surface area contributed by atoms with E-state index in [2.05, 4.69) is 5.32 Å². The Morgan fingerprint density at radius 1 is 1.11 bits per heavy atom. The largest absolute Gasteiger partial charge is 0.389 e. The summed E-state index contributed by atoms with van der Waals surface area (Å²) < 4.78 is 35.8. The number of nitrogens with one attached hydrogen (secondary N) is 1. The van der Waals surface area contributed by atoms with Crippen LogP contribution in [0.2, 0.25) is 0 Å². The van der Waals surface area contributed by atoms with Crippen LogP contribution in [-0.4, -0.2) is 19.3 Å². The molecule has 2 nitrogen and oxygen atoms in total. The second-order valence-electron chi connectivity index (χ2n) is 5.03. The van der Waals surface area contributed by atoms with Crippen LogP contribution in [0.3, 0.4) is 0 Å². The molecule has 1 aromatic rings. The Morgan fingerprint density at radius 2 is 1.74 bits per heavy atom. The van der Waals surface area contributed by atoms with E-state index in [0.717, 1.165) is 5.56 Å². The third-order valence-corrected chi connectivity index (χ3v) is 2.99. The van der Waals surface area contributed by atoms with Crippen molar-refractivity contribution in [2.75, 3.05) is 13.1 Å². The summed E-state index contributed by atoms with van der Waals surface area (Å²) in [7, 11) is 0. The molecule has 0 aliphatic heterocycles. The lowest BCUT2D eigenvalue weighted by Crippen LogP contribution is -2.43. The summed E-state index contributed by atoms with van der Waals surface area (Å²) >= 11 is 0. The van der Waals surface area contributed by atoms with Crippen molar-refractivity contribution in [3.05, 3.63) is 35.9 Å². The number of halogens is 3. The maximum absolute atomic E-state index is 11.9. The molecule has 0 saturated heterocycles. The van der Waals surface area contributed by atoms with Crippen molar-refractivity contribution < 1.29 is 13.2 Å². The maximum Gasteiger partial charge on any atom is 0.389 e. The Bertz CT molecular complexity index is 361. The van der Waals surface area contributed by atoms with Crippen molar-refractivity contribution in [3.8, 4) is 0 Å². The summed E-state index contributed by atoms with van der Waals surface area (Å²) in [6.07, 6.45) is -4.10. The molecule has 0 saturated carbocycles. The van der Waals surface area contributed by atoms with Gasteiger partial charge in [0.25, 0.3) is 0 Å². The van der Waals surface area contributed by atoms with Gasteiger partial charge < -0.3 is 11.1 Å². The van der Waals surface area contributed by atoms with Gasteiger partial charge in [-0.15, -0.1) is 0 Å². The fourth-order valence-corrected chi connectivity index (χ4v) is 1.84. The Kier molecular flexibility index (Phi) is 5.82. The van der Waals surface area contributed by atoms with E-state index in [1.54, 1.807) is 0 Å². The van der Waals surface area contributed by atoms with Gasteiger partial charge in [-0.25, -0.2) is 0 Å². The summed E-state index contributed by atoms with van der Waals surface area (Å²) in [6.45, 7) is 3.00. The van der Waals surface area contributed by atoms with Crippen LogP contribution in [0.1, 0.15) is 31.7 Å². The lowest BCUT2D eigenvalue weighted by Gasteiger charge is -2.25. The Morgan fingerprint density at radius 3 is 2.32 bits per heavy atom. The molecule has 1 unspecified atom stereocenters. The van der Waals surface area contributed by atoms with Crippen molar-refractivity contribution in [1.82, 2.24) is 5.32 Å². The molecule has 1 rings (SSSR count). The van der Waals surface area contributed by atoms with Gasteiger partial charge in [-0.3, -0.25) is 0 Å². The molecule has 0 aliphatic rings. The number of benzene rings is 1. The standard InChI is InChI=1S/C14H21F3N2/c1-13(18,12-7-3-2-4-8-12)11-19-10-6-5-9-14(15,16)17/h2-4,7-8,19H,5-6,9-11,18H2,1H3. The maximum atomic E-state index is 11.9. The van der Waals surface area contributed by atoms with Crippen molar-refractivity contribution in [2.45, 2.75) is 37.9 Å². The second kappa shape index (κ2) is 6.91. The molecule has 0 bridgehead atoms. The molecule has 0 fully saturated rings. The third kappa shape index (κ3) is 6.59. The normalized spacial score (nSPS) is 15.2. The molecule has 0 aliphatic carbocycles. The predicted molar refractivity (Wildman–Crippen MR) is 70.8 cm³/mol. The molecule has 0 spiro atoms. The van der Waals surface area contributed by atoms with Gasteiger partial charge in [0.2, 0.25) is 0 Å². The number of nitrogens with two attached hydrogens (primary N) is 1. The fourth-order valence-electron chi connectivity index (χ4n) is 1.84. The summed E-state index contributed by atoms with van der Waals surface area (Å²) in [5.74, 6) is 0. The Hall–Kier alpha value is -1.07. The third-order valence-electron chi connectivity index (χ3n) is 2.99. The molecular formula is C14H21F3N2. The van der Waals surface area contributed by atoms with Gasteiger partial charge in [-0.1, -0.05) is 30.3 Å². The van der Waals surface area contributed by atoms with Crippen molar-refractivity contribution in [3.63, 3.8) is 0 Å². The highest BCUT2D eigenvalue weighted by Crippen LogP contribution is 2.22. The zero-order valence-electron chi connectivity index (χ0n) is 11.1. The molecule has 0 heterocycles. The Balaban J connectivity index is 2.22. The van der Waals surface area contributed by atoms with E-state index in [1.807, 2.05) is 37.3 Å². The van der Waals surface area contributed by atoms with Gasteiger partial charge in [0.15, 0.2) is 0 Å². The summed E-state index contributed by atoms with van der Waals surface area (Å²) in [4.78, 5) is 0. The van der Waals surface area contributed by atoms with Crippen LogP contribution in [0.5, 0.6) is 0 Å². The highest BCUT2D eigenvalue weighted by Gasteiger charge is 2.26. The van der Waals surface area contributed by atoms with Crippen LogP contribution in [-0.2, 0) is 5.54 Å². The lowest BCUT2D eigenvalue weighted by molar-refractivity contribution is -0.135. The van der Waals surface area contributed by atoms with Gasteiger partial charge in [0, 0.05) is 13.0 Å². The van der Waals surface area contributed by atoms with Crippen molar-refractivity contribution >= 4 is 0 Å². The average Bonchev–Trinajstić information content (AvgIpc) is 2.33. The molecule has 1 aromatic carbocycles. The van der Waals surface area contributed by atoms with Crippen molar-refractivity contribution in [2.24, 2.45) is 5.73 Å². The predicted octanol–water partition coefficient (Wildman–Crippen LogP) is 3.18. The highest BCUT2D eigenvalue weighted by molar-refractivity contribution is 5.23. The van der Waals surface area contributed by atoms with E-state index in [-0.39, 0.29) is 6.42 Å². The minimum Gasteiger partial charge on any atom is -0.321 e. The van der Waals surface area contributed by atoms with Crippen LogP contribution in [0.15, 0.2) is 30.3 Å². The molecule has 19 heavy (non-hydrogen) atoms. The average molecular weight is 274 g/mol. The van der Waals surface area contributed by atoms with Gasteiger partial charge in [-0.2, -0.15) is 13.2 Å². The number of alkyl halides is 3. The highest BCUT2D eigenvalue weighted by atomic mass is 19.4. The van der Waals surface area contributed by atoms with E-state index in [9.17, 15) is 13.2 Å².